The van der Waals surface area contributed by atoms with Crippen LogP contribution in [0.5, 0.6) is 0 Å². The number of nitrogens with zero attached hydrogens (tertiary/aromatic N) is 3. The second-order valence-electron chi connectivity index (χ2n) is 6.09. The molecular weight excluding hydrogens is 349 g/mol. The van der Waals surface area contributed by atoms with E-state index in [4.69, 9.17) is 0 Å². The minimum atomic E-state index is -0.131. The SMILES string of the molecule is CC1(CNC(=O)c2cc(-n3cccn3)ccn2)CCNCC1.Cl.Cl. The number of hydrogen-bond donors (Lipinski definition) is 2. The molecule has 24 heavy (non-hydrogen) atoms. The van der Waals surface area contributed by atoms with Crippen LogP contribution in [0.4, 0.5) is 0 Å². The van der Waals surface area contributed by atoms with E-state index in [1.54, 1.807) is 23.1 Å². The second kappa shape index (κ2) is 9.01. The maximum Gasteiger partial charge on any atom is 0.269 e. The highest BCUT2D eigenvalue weighted by molar-refractivity contribution is 5.92. The molecule has 8 heteroatoms. The number of halogens is 2. The van der Waals surface area contributed by atoms with Crippen LogP contribution in [-0.2, 0) is 0 Å². The van der Waals surface area contributed by atoms with Crippen molar-refractivity contribution in [1.82, 2.24) is 25.4 Å². The molecule has 0 aliphatic carbocycles. The molecule has 0 aromatic carbocycles. The van der Waals surface area contributed by atoms with Crippen LogP contribution in [0.15, 0.2) is 36.8 Å². The first kappa shape index (κ1) is 20.4. The first-order chi connectivity index (χ1) is 10.7. The van der Waals surface area contributed by atoms with Crippen molar-refractivity contribution in [1.29, 1.82) is 0 Å². The predicted molar refractivity (Wildman–Crippen MR) is 98.4 cm³/mol. The van der Waals surface area contributed by atoms with Crippen LogP contribution in [0.3, 0.4) is 0 Å². The summed E-state index contributed by atoms with van der Waals surface area (Å²) in [4.78, 5) is 16.5. The molecule has 132 valence electrons. The standard InChI is InChI=1S/C16H21N5O.2ClH/c1-16(4-8-17-9-5-16)12-19-15(22)14-11-13(3-7-18-14)21-10-2-6-20-21;;/h2-3,6-7,10-11,17H,4-5,8-9,12H2,1H3,(H,19,22);2*1H. The molecule has 0 bridgehead atoms. The van der Waals surface area contributed by atoms with E-state index in [1.165, 1.54) is 0 Å². The lowest BCUT2D eigenvalue weighted by atomic mass is 9.81. The summed E-state index contributed by atoms with van der Waals surface area (Å²) in [5, 5.41) is 10.5. The molecule has 0 spiro atoms. The lowest BCUT2D eigenvalue weighted by molar-refractivity contribution is 0.0917. The monoisotopic (exact) mass is 371 g/mol. The molecule has 0 atom stereocenters. The minimum absolute atomic E-state index is 0. The van der Waals surface area contributed by atoms with Gasteiger partial charge in [-0.05, 0) is 49.5 Å². The molecule has 0 radical (unpaired) electrons. The second-order valence-corrected chi connectivity index (χ2v) is 6.09. The highest BCUT2D eigenvalue weighted by atomic mass is 35.5. The third-order valence-corrected chi connectivity index (χ3v) is 4.23. The highest BCUT2D eigenvalue weighted by Crippen LogP contribution is 2.26. The number of rotatable bonds is 4. The van der Waals surface area contributed by atoms with E-state index < -0.39 is 0 Å². The summed E-state index contributed by atoms with van der Waals surface area (Å²) in [6, 6.07) is 5.43. The zero-order valence-electron chi connectivity index (χ0n) is 13.6. The van der Waals surface area contributed by atoms with Gasteiger partial charge in [-0.15, -0.1) is 24.8 Å². The molecule has 1 amide bonds. The van der Waals surface area contributed by atoms with Gasteiger partial charge in [0, 0.05) is 25.1 Å². The minimum Gasteiger partial charge on any atom is -0.350 e. The molecule has 2 N–H and O–H groups in total. The zero-order chi connectivity index (χ0) is 15.4. The van der Waals surface area contributed by atoms with Crippen molar-refractivity contribution >= 4 is 30.7 Å². The summed E-state index contributed by atoms with van der Waals surface area (Å²) >= 11 is 0. The van der Waals surface area contributed by atoms with Crippen molar-refractivity contribution in [3.8, 4) is 5.69 Å². The Morgan fingerprint density at radius 1 is 1.33 bits per heavy atom. The molecule has 1 aliphatic heterocycles. The summed E-state index contributed by atoms with van der Waals surface area (Å²) in [6.45, 7) is 4.93. The molecule has 2 aromatic rings. The van der Waals surface area contributed by atoms with Gasteiger partial charge in [0.2, 0.25) is 0 Å². The summed E-state index contributed by atoms with van der Waals surface area (Å²) in [6.07, 6.45) is 7.34. The van der Waals surface area contributed by atoms with E-state index in [-0.39, 0.29) is 36.1 Å². The van der Waals surface area contributed by atoms with Gasteiger partial charge >= 0.3 is 0 Å². The largest absolute Gasteiger partial charge is 0.350 e. The molecule has 3 rings (SSSR count). The summed E-state index contributed by atoms with van der Waals surface area (Å²) in [5.41, 5.74) is 1.42. The van der Waals surface area contributed by atoms with E-state index in [1.807, 2.05) is 18.3 Å². The van der Waals surface area contributed by atoms with E-state index in [2.05, 4.69) is 27.6 Å². The van der Waals surface area contributed by atoms with E-state index in [9.17, 15) is 4.79 Å². The number of amides is 1. The number of nitrogens with one attached hydrogen (secondary N) is 2. The molecule has 0 saturated carbocycles. The first-order valence-corrected chi connectivity index (χ1v) is 7.61. The summed E-state index contributed by atoms with van der Waals surface area (Å²) in [5.74, 6) is -0.131. The Hall–Kier alpha value is -1.63. The van der Waals surface area contributed by atoms with E-state index >= 15 is 0 Å². The highest BCUT2D eigenvalue weighted by Gasteiger charge is 2.27. The molecule has 3 heterocycles. The van der Waals surface area contributed by atoms with Crippen LogP contribution >= 0.6 is 24.8 Å². The smallest absolute Gasteiger partial charge is 0.269 e. The number of carbonyl (C=O) groups is 1. The molecule has 2 aromatic heterocycles. The average molecular weight is 372 g/mol. The van der Waals surface area contributed by atoms with Crippen molar-refractivity contribution in [3.63, 3.8) is 0 Å². The fraction of sp³-hybridized carbons (Fsp3) is 0.438. The first-order valence-electron chi connectivity index (χ1n) is 7.61. The van der Waals surface area contributed by atoms with Gasteiger partial charge in [-0.25, -0.2) is 4.68 Å². The van der Waals surface area contributed by atoms with Crippen molar-refractivity contribution in [3.05, 3.63) is 42.5 Å². The topological polar surface area (TPSA) is 71.8 Å². The van der Waals surface area contributed by atoms with Crippen LogP contribution in [-0.4, -0.2) is 40.3 Å². The molecule has 6 nitrogen and oxygen atoms in total. The van der Waals surface area contributed by atoms with Crippen molar-refractivity contribution in [2.75, 3.05) is 19.6 Å². The maximum atomic E-state index is 12.3. The number of pyridine rings is 1. The number of aromatic nitrogens is 3. The Kier molecular flexibility index (Phi) is 7.66. The Balaban J connectivity index is 0.00000144. The van der Waals surface area contributed by atoms with Crippen molar-refractivity contribution < 1.29 is 4.79 Å². The van der Waals surface area contributed by atoms with Crippen LogP contribution in [0.1, 0.15) is 30.3 Å². The quantitative estimate of drug-likeness (QED) is 0.864. The third kappa shape index (κ3) is 4.93. The van der Waals surface area contributed by atoms with Crippen molar-refractivity contribution in [2.45, 2.75) is 19.8 Å². The van der Waals surface area contributed by atoms with Gasteiger partial charge in [-0.3, -0.25) is 9.78 Å². The molecule has 0 unspecified atom stereocenters. The van der Waals surface area contributed by atoms with Crippen LogP contribution in [0.25, 0.3) is 5.69 Å². The molecular formula is C16H23Cl2N5O. The fourth-order valence-electron chi connectivity index (χ4n) is 2.70. The van der Waals surface area contributed by atoms with Gasteiger partial charge in [0.25, 0.3) is 5.91 Å². The zero-order valence-corrected chi connectivity index (χ0v) is 15.2. The van der Waals surface area contributed by atoms with E-state index in [0.29, 0.717) is 12.2 Å². The van der Waals surface area contributed by atoms with Gasteiger partial charge in [-0.2, -0.15) is 5.10 Å². The lowest BCUT2D eigenvalue weighted by Crippen LogP contribution is -2.43. The van der Waals surface area contributed by atoms with Gasteiger partial charge in [0.05, 0.1) is 5.69 Å². The van der Waals surface area contributed by atoms with Crippen molar-refractivity contribution in [2.24, 2.45) is 5.41 Å². The lowest BCUT2D eigenvalue weighted by Gasteiger charge is -2.34. The Bertz CT molecular complexity index is 642. The normalized spacial score (nSPS) is 15.7. The van der Waals surface area contributed by atoms with Crippen LogP contribution in [0.2, 0.25) is 0 Å². The number of hydrogen-bond acceptors (Lipinski definition) is 4. The maximum absolute atomic E-state index is 12.3. The molecule has 1 fully saturated rings. The third-order valence-electron chi connectivity index (χ3n) is 4.23. The van der Waals surface area contributed by atoms with Gasteiger partial charge in [0.15, 0.2) is 0 Å². The van der Waals surface area contributed by atoms with Gasteiger partial charge < -0.3 is 10.6 Å². The number of piperidine rings is 1. The van der Waals surface area contributed by atoms with Crippen LogP contribution in [0, 0.1) is 5.41 Å². The van der Waals surface area contributed by atoms with Gasteiger partial charge in [-0.1, -0.05) is 6.92 Å². The summed E-state index contributed by atoms with van der Waals surface area (Å²) in [7, 11) is 0. The molecule has 1 saturated heterocycles. The Labute approximate surface area is 154 Å². The molecule has 1 aliphatic rings. The predicted octanol–water partition coefficient (Wildman–Crippen LogP) is 2.23. The van der Waals surface area contributed by atoms with Gasteiger partial charge in [0.1, 0.15) is 5.69 Å². The van der Waals surface area contributed by atoms with Crippen LogP contribution < -0.4 is 10.6 Å². The average Bonchev–Trinajstić information content (AvgIpc) is 3.08. The Morgan fingerprint density at radius 3 is 2.75 bits per heavy atom. The van der Waals surface area contributed by atoms with E-state index in [0.717, 1.165) is 31.6 Å². The number of carbonyl (C=O) groups excluding carboxylic acids is 1. The Morgan fingerprint density at radius 2 is 2.08 bits per heavy atom. The fourth-order valence-corrected chi connectivity index (χ4v) is 2.70. The summed E-state index contributed by atoms with van der Waals surface area (Å²) < 4.78 is 1.71.